The molecule has 0 amide bonds. The number of hydrogen-bond acceptors (Lipinski definition) is 10. The zero-order valence-corrected chi connectivity index (χ0v) is 20.0. The van der Waals surface area contributed by atoms with Crippen molar-refractivity contribution in [3.05, 3.63) is 70.9 Å². The van der Waals surface area contributed by atoms with Gasteiger partial charge >= 0.3 is 10.3 Å². The largest absolute Gasteiger partial charge is 0.388 e. The molecule has 186 valence electrons. The average Bonchev–Trinajstić information content (AvgIpc) is 3.39. The molecule has 0 spiro atoms. The van der Waals surface area contributed by atoms with E-state index in [4.69, 9.17) is 15.8 Å². The Bertz CT molecular complexity index is 1320. The summed E-state index contributed by atoms with van der Waals surface area (Å²) < 4.78 is 31.8. The van der Waals surface area contributed by atoms with Crippen LogP contribution in [0.1, 0.15) is 28.0 Å². The number of anilines is 1. The topological polar surface area (TPSA) is 169 Å². The van der Waals surface area contributed by atoms with Crippen molar-refractivity contribution in [3.63, 3.8) is 0 Å². The first-order chi connectivity index (χ1) is 16.7. The van der Waals surface area contributed by atoms with Crippen LogP contribution >= 0.6 is 11.6 Å². The fourth-order valence-electron chi connectivity index (χ4n) is 3.76. The summed E-state index contributed by atoms with van der Waals surface area (Å²) in [6.45, 7) is 0.410. The van der Waals surface area contributed by atoms with Crippen molar-refractivity contribution in [3.8, 4) is 0 Å². The smallest absolute Gasteiger partial charge is 0.335 e. The van der Waals surface area contributed by atoms with Crippen LogP contribution in [-0.4, -0.2) is 75.6 Å². The highest BCUT2D eigenvalue weighted by Gasteiger charge is 2.44. The predicted octanol–water partition coefficient (Wildman–Crippen LogP) is 0.361. The van der Waals surface area contributed by atoms with Gasteiger partial charge < -0.3 is 15.5 Å². The van der Waals surface area contributed by atoms with E-state index in [0.717, 1.165) is 12.6 Å². The summed E-state index contributed by atoms with van der Waals surface area (Å²) in [5.74, 6) is -0.362. The second-order valence-electron chi connectivity index (χ2n) is 7.90. The Hall–Kier alpha value is -2.94. The van der Waals surface area contributed by atoms with Crippen LogP contribution in [0.2, 0.25) is 5.02 Å². The minimum Gasteiger partial charge on any atom is -0.388 e. The first-order valence-electron chi connectivity index (χ1n) is 10.5. The van der Waals surface area contributed by atoms with Gasteiger partial charge in [-0.15, -0.1) is 0 Å². The Morgan fingerprint density at radius 2 is 2.09 bits per heavy atom. The highest BCUT2D eigenvalue weighted by atomic mass is 35.5. The van der Waals surface area contributed by atoms with Gasteiger partial charge in [0.05, 0.1) is 18.2 Å². The number of aromatic nitrogens is 4. The number of aliphatic hydroxyl groups excluding tert-OH is 2. The molecule has 3 aromatic rings. The molecule has 1 aliphatic carbocycles. The molecule has 0 aliphatic heterocycles. The highest BCUT2D eigenvalue weighted by molar-refractivity contribution is 7.84. The molecule has 4 atom stereocenters. The van der Waals surface area contributed by atoms with Crippen LogP contribution in [0, 0.1) is 0 Å². The normalized spacial score (nSPS) is 22.3. The maximum Gasteiger partial charge on any atom is 0.335 e. The van der Waals surface area contributed by atoms with Gasteiger partial charge in [0.2, 0.25) is 5.78 Å². The van der Waals surface area contributed by atoms with Gasteiger partial charge in [-0.25, -0.2) is 9.97 Å². The first-order valence-corrected chi connectivity index (χ1v) is 12.3. The van der Waals surface area contributed by atoms with E-state index in [1.54, 1.807) is 29.1 Å². The van der Waals surface area contributed by atoms with Crippen molar-refractivity contribution in [1.82, 2.24) is 24.5 Å². The van der Waals surface area contributed by atoms with Gasteiger partial charge in [0.1, 0.15) is 36.2 Å². The molecule has 12 nitrogen and oxygen atoms in total. The lowest BCUT2D eigenvalue weighted by Crippen LogP contribution is -2.38. The van der Waals surface area contributed by atoms with Crippen LogP contribution in [0.5, 0.6) is 0 Å². The summed E-state index contributed by atoms with van der Waals surface area (Å²) >= 11 is 6.02. The molecule has 14 heteroatoms. The van der Waals surface area contributed by atoms with Crippen LogP contribution in [0.4, 0.5) is 5.82 Å². The van der Waals surface area contributed by atoms with Crippen molar-refractivity contribution in [2.75, 3.05) is 12.4 Å². The predicted molar refractivity (Wildman–Crippen MR) is 125 cm³/mol. The molecule has 35 heavy (non-hydrogen) atoms. The van der Waals surface area contributed by atoms with Gasteiger partial charge in [-0.3, -0.25) is 13.7 Å². The van der Waals surface area contributed by atoms with E-state index in [9.17, 15) is 23.4 Å². The summed E-state index contributed by atoms with van der Waals surface area (Å²) in [6.07, 6.45) is 0.0872. The van der Waals surface area contributed by atoms with E-state index < -0.39 is 40.4 Å². The first kappa shape index (κ1) is 25.2. The molecule has 0 saturated heterocycles. The second-order valence-corrected chi connectivity index (χ2v) is 9.85. The van der Waals surface area contributed by atoms with Crippen molar-refractivity contribution in [2.24, 2.45) is 0 Å². The van der Waals surface area contributed by atoms with Gasteiger partial charge in [-0.05, 0) is 23.8 Å². The monoisotopic (exact) mass is 522 g/mol. The lowest BCUT2D eigenvalue weighted by Gasteiger charge is -2.19. The fraction of sp³-hybridized carbons (Fsp3) is 0.333. The van der Waals surface area contributed by atoms with E-state index in [0.29, 0.717) is 11.6 Å². The number of ketones is 1. The maximum absolute atomic E-state index is 13.2. The SMILES string of the molecule is CNS(=O)(=O)O[C@@H]1C[C@@H](Nc2ncncc2C(=O)c2ccn(Cc3cccc(Cl)c3)n2)[C@H](O)[C@H]1O. The minimum atomic E-state index is -4.08. The van der Waals surface area contributed by atoms with Crippen molar-refractivity contribution >= 4 is 33.5 Å². The van der Waals surface area contributed by atoms with E-state index in [1.807, 2.05) is 16.9 Å². The molecular weight excluding hydrogens is 500 g/mol. The molecule has 0 bridgehead atoms. The number of nitrogens with zero attached hydrogens (tertiary/aromatic N) is 4. The number of aliphatic hydroxyl groups is 2. The van der Waals surface area contributed by atoms with Crippen LogP contribution in [0.15, 0.2) is 49.1 Å². The molecule has 4 N–H and O–H groups in total. The minimum absolute atomic E-state index is 0.0604. The van der Waals surface area contributed by atoms with Crippen LogP contribution in [0.25, 0.3) is 0 Å². The lowest BCUT2D eigenvalue weighted by atomic mass is 10.1. The maximum atomic E-state index is 13.2. The Balaban J connectivity index is 1.50. The number of nitrogens with one attached hydrogen (secondary N) is 2. The van der Waals surface area contributed by atoms with Crippen LogP contribution < -0.4 is 10.0 Å². The Morgan fingerprint density at radius 3 is 2.83 bits per heavy atom. The standard InChI is InChI=1S/C21H23ClN6O6S/c1-23-35(32,33)34-17-8-16(19(30)20(17)31)26-21-14(9-24-11-25-21)18(29)15-5-6-28(27-15)10-12-3-2-4-13(22)7-12/h2-7,9,11,16-17,19-20,23,30-31H,8,10H2,1H3,(H,24,25,26)/t16-,17-,19+,20+/m1/s1. The number of rotatable bonds is 9. The number of benzene rings is 1. The zero-order chi connectivity index (χ0) is 25.2. The Morgan fingerprint density at radius 1 is 1.29 bits per heavy atom. The molecule has 1 aromatic carbocycles. The van der Waals surface area contributed by atoms with Gasteiger partial charge in [0.15, 0.2) is 0 Å². The van der Waals surface area contributed by atoms with E-state index >= 15 is 0 Å². The van der Waals surface area contributed by atoms with Gasteiger partial charge in [0, 0.05) is 30.9 Å². The van der Waals surface area contributed by atoms with Crippen LogP contribution in [0.3, 0.4) is 0 Å². The van der Waals surface area contributed by atoms with Gasteiger partial charge in [0.25, 0.3) is 0 Å². The molecule has 0 unspecified atom stereocenters. The number of halogens is 1. The number of carbonyl (C=O) groups is 1. The molecule has 0 radical (unpaired) electrons. The Labute approximate surface area is 206 Å². The molecule has 1 fully saturated rings. The fourth-order valence-corrected chi connectivity index (χ4v) is 4.58. The van der Waals surface area contributed by atoms with Crippen molar-refractivity contribution in [1.29, 1.82) is 0 Å². The number of hydrogen-bond donors (Lipinski definition) is 4. The van der Waals surface area contributed by atoms with Crippen LogP contribution in [-0.2, 0) is 21.0 Å². The lowest BCUT2D eigenvalue weighted by molar-refractivity contribution is -0.00882. The number of carbonyl (C=O) groups excluding carboxylic acids is 1. The quantitative estimate of drug-likeness (QED) is 0.288. The van der Waals surface area contributed by atoms with E-state index in [1.165, 1.54) is 12.5 Å². The summed E-state index contributed by atoms with van der Waals surface area (Å²) in [5, 5.41) is 28.5. The third-order valence-corrected chi connectivity index (χ3v) is 6.75. The van der Waals surface area contributed by atoms with E-state index in [2.05, 4.69) is 20.4 Å². The highest BCUT2D eigenvalue weighted by Crippen LogP contribution is 2.28. The molecule has 4 rings (SSSR count). The zero-order valence-electron chi connectivity index (χ0n) is 18.4. The van der Waals surface area contributed by atoms with Crippen molar-refractivity contribution in [2.45, 2.75) is 37.3 Å². The third-order valence-electron chi connectivity index (χ3n) is 5.52. The average molecular weight is 523 g/mol. The second kappa shape index (κ2) is 10.4. The van der Waals surface area contributed by atoms with E-state index in [-0.39, 0.29) is 23.5 Å². The summed E-state index contributed by atoms with van der Waals surface area (Å²) in [4.78, 5) is 21.2. The molecule has 2 heterocycles. The molecule has 2 aromatic heterocycles. The molecule has 1 saturated carbocycles. The van der Waals surface area contributed by atoms with Crippen molar-refractivity contribution < 1.29 is 27.6 Å². The summed E-state index contributed by atoms with van der Waals surface area (Å²) in [5.41, 5.74) is 1.16. The summed E-state index contributed by atoms with van der Waals surface area (Å²) in [6, 6.07) is 8.00. The molecular formula is C21H23ClN6O6S. The van der Waals surface area contributed by atoms with Gasteiger partial charge in [-0.1, -0.05) is 23.7 Å². The summed E-state index contributed by atoms with van der Waals surface area (Å²) in [7, 11) is -2.92. The molecule has 1 aliphatic rings. The van der Waals surface area contributed by atoms with Gasteiger partial charge in [-0.2, -0.15) is 18.2 Å². The third kappa shape index (κ3) is 5.83. The Kier molecular flexibility index (Phi) is 7.44.